The van der Waals surface area contributed by atoms with E-state index in [0.29, 0.717) is 11.1 Å². The largest absolute Gasteiger partial charge is 1.00 e. The highest BCUT2D eigenvalue weighted by Gasteiger charge is 2.13. The molecule has 1 atom stereocenters. The maximum atomic E-state index is 12.5. The minimum absolute atomic E-state index is 0. The predicted octanol–water partition coefficient (Wildman–Crippen LogP) is -0.158. The normalized spacial score (nSPS) is 11.4. The minimum atomic E-state index is -0.741. The number of esters is 1. The standard InChI is InChI=1S/C18H15NO5.ClH/c1-11(19)18(21)24-13-7-8-14-15(9-13)22-10-16(17(14)20)23-12-5-3-2-4-6-12;/h2-11H,19H2,1H3;1H/p-1. The van der Waals surface area contributed by atoms with Crippen molar-refractivity contribution >= 4 is 16.9 Å². The van der Waals surface area contributed by atoms with Gasteiger partial charge in [-0.25, -0.2) is 4.79 Å². The van der Waals surface area contributed by atoms with Gasteiger partial charge in [-0.1, -0.05) is 18.2 Å². The Morgan fingerprint density at radius 1 is 1.12 bits per heavy atom. The Hall–Kier alpha value is -2.83. The Kier molecular flexibility index (Phi) is 5.80. The van der Waals surface area contributed by atoms with Crippen LogP contribution in [0.1, 0.15) is 6.92 Å². The first kappa shape index (κ1) is 18.5. The lowest BCUT2D eigenvalue weighted by Crippen LogP contribution is -3.00. The number of carbonyl (C=O) groups is 1. The Labute approximate surface area is 149 Å². The second-order valence-electron chi connectivity index (χ2n) is 5.21. The van der Waals surface area contributed by atoms with Gasteiger partial charge in [-0.2, -0.15) is 0 Å². The molecule has 0 saturated carbocycles. The average Bonchev–Trinajstić information content (AvgIpc) is 2.58. The van der Waals surface area contributed by atoms with Gasteiger partial charge in [0.25, 0.3) is 0 Å². The van der Waals surface area contributed by atoms with E-state index in [1.165, 1.54) is 31.4 Å². The molecular formula is C18H15ClNO5-. The fourth-order valence-electron chi connectivity index (χ4n) is 2.05. The fourth-order valence-corrected chi connectivity index (χ4v) is 2.05. The zero-order valence-corrected chi connectivity index (χ0v) is 14.0. The molecule has 2 aromatic carbocycles. The number of halogens is 1. The minimum Gasteiger partial charge on any atom is -1.00 e. The van der Waals surface area contributed by atoms with E-state index in [1.807, 2.05) is 6.07 Å². The molecule has 0 aliphatic heterocycles. The summed E-state index contributed by atoms with van der Waals surface area (Å²) in [4.78, 5) is 24.0. The summed E-state index contributed by atoms with van der Waals surface area (Å²) in [7, 11) is 0. The van der Waals surface area contributed by atoms with Crippen LogP contribution in [0.2, 0.25) is 0 Å². The SMILES string of the molecule is CC(N)C(=O)Oc1ccc2c(=O)c(Oc3ccccc3)coc2c1.[Cl-]. The van der Waals surface area contributed by atoms with Crippen molar-refractivity contribution in [1.82, 2.24) is 0 Å². The van der Waals surface area contributed by atoms with E-state index in [0.717, 1.165) is 0 Å². The van der Waals surface area contributed by atoms with Crippen molar-refractivity contribution in [2.75, 3.05) is 0 Å². The van der Waals surface area contributed by atoms with Crippen molar-refractivity contribution in [3.05, 3.63) is 65.0 Å². The second-order valence-corrected chi connectivity index (χ2v) is 5.21. The Morgan fingerprint density at radius 2 is 1.84 bits per heavy atom. The van der Waals surface area contributed by atoms with Crippen molar-refractivity contribution in [3.8, 4) is 17.2 Å². The van der Waals surface area contributed by atoms with Crippen LogP contribution in [0.5, 0.6) is 17.2 Å². The van der Waals surface area contributed by atoms with E-state index in [-0.39, 0.29) is 34.9 Å². The molecule has 1 heterocycles. The zero-order chi connectivity index (χ0) is 17.1. The fraction of sp³-hybridized carbons (Fsp3) is 0.111. The van der Waals surface area contributed by atoms with Crippen molar-refractivity contribution in [2.45, 2.75) is 13.0 Å². The van der Waals surface area contributed by atoms with Gasteiger partial charge in [-0.05, 0) is 31.2 Å². The topological polar surface area (TPSA) is 91.8 Å². The van der Waals surface area contributed by atoms with Crippen LogP contribution in [0, 0.1) is 0 Å². The zero-order valence-electron chi connectivity index (χ0n) is 13.3. The Morgan fingerprint density at radius 3 is 2.52 bits per heavy atom. The molecule has 0 amide bonds. The molecule has 0 aliphatic carbocycles. The van der Waals surface area contributed by atoms with Crippen LogP contribution in [0.4, 0.5) is 0 Å². The molecule has 3 rings (SSSR count). The highest BCUT2D eigenvalue weighted by molar-refractivity contribution is 5.82. The van der Waals surface area contributed by atoms with Crippen LogP contribution >= 0.6 is 0 Å². The molecule has 0 saturated heterocycles. The molecule has 1 unspecified atom stereocenters. The molecule has 3 aromatic rings. The monoisotopic (exact) mass is 360 g/mol. The first-order valence-electron chi connectivity index (χ1n) is 7.30. The number of para-hydroxylation sites is 1. The van der Waals surface area contributed by atoms with Gasteiger partial charge < -0.3 is 32.0 Å². The van der Waals surface area contributed by atoms with Crippen molar-refractivity contribution in [3.63, 3.8) is 0 Å². The van der Waals surface area contributed by atoms with E-state index in [9.17, 15) is 9.59 Å². The maximum absolute atomic E-state index is 12.5. The summed E-state index contributed by atoms with van der Waals surface area (Å²) in [6, 6.07) is 12.7. The summed E-state index contributed by atoms with van der Waals surface area (Å²) in [5, 5.41) is 0.323. The number of hydrogen-bond donors (Lipinski definition) is 1. The van der Waals surface area contributed by atoms with Gasteiger partial charge >= 0.3 is 5.97 Å². The third-order valence-electron chi connectivity index (χ3n) is 3.28. The lowest BCUT2D eigenvalue weighted by atomic mass is 10.2. The average molecular weight is 361 g/mol. The molecule has 25 heavy (non-hydrogen) atoms. The van der Waals surface area contributed by atoms with Crippen LogP contribution in [0.3, 0.4) is 0 Å². The molecule has 7 heteroatoms. The Bertz CT molecular complexity index is 937. The number of ether oxygens (including phenoxy) is 2. The summed E-state index contributed by atoms with van der Waals surface area (Å²) in [5.41, 5.74) is 5.42. The van der Waals surface area contributed by atoms with Crippen LogP contribution in [-0.2, 0) is 4.79 Å². The van der Waals surface area contributed by atoms with Crippen molar-refractivity contribution in [1.29, 1.82) is 0 Å². The van der Waals surface area contributed by atoms with Gasteiger partial charge in [0.1, 0.15) is 29.4 Å². The third-order valence-corrected chi connectivity index (χ3v) is 3.28. The maximum Gasteiger partial charge on any atom is 0.328 e. The summed E-state index contributed by atoms with van der Waals surface area (Å²) < 4.78 is 16.1. The van der Waals surface area contributed by atoms with E-state index in [2.05, 4.69) is 0 Å². The number of carbonyl (C=O) groups excluding carboxylic acids is 1. The summed E-state index contributed by atoms with van der Waals surface area (Å²) in [6.07, 6.45) is 1.23. The summed E-state index contributed by atoms with van der Waals surface area (Å²) in [6.45, 7) is 1.52. The highest BCUT2D eigenvalue weighted by atomic mass is 35.5. The number of fused-ring (bicyclic) bond motifs is 1. The first-order chi connectivity index (χ1) is 11.5. The predicted molar refractivity (Wildman–Crippen MR) is 88.3 cm³/mol. The van der Waals surface area contributed by atoms with E-state index < -0.39 is 12.0 Å². The summed E-state index contributed by atoms with van der Waals surface area (Å²) >= 11 is 0. The molecule has 0 spiro atoms. The lowest BCUT2D eigenvalue weighted by molar-refractivity contribution is -0.135. The van der Waals surface area contributed by atoms with Gasteiger partial charge in [-0.15, -0.1) is 0 Å². The summed E-state index contributed by atoms with van der Waals surface area (Å²) in [5.74, 6) is 0.297. The molecule has 6 nitrogen and oxygen atoms in total. The van der Waals surface area contributed by atoms with E-state index in [4.69, 9.17) is 19.6 Å². The molecule has 2 N–H and O–H groups in total. The van der Waals surface area contributed by atoms with Gasteiger partial charge in [0.15, 0.2) is 0 Å². The number of nitrogens with two attached hydrogens (primary N) is 1. The van der Waals surface area contributed by atoms with Crippen molar-refractivity contribution in [2.24, 2.45) is 5.73 Å². The molecule has 0 radical (unpaired) electrons. The number of benzene rings is 2. The molecule has 0 bridgehead atoms. The Balaban J connectivity index is 0.00000225. The van der Waals surface area contributed by atoms with Gasteiger partial charge in [0.05, 0.1) is 5.39 Å². The third kappa shape index (κ3) is 4.17. The van der Waals surface area contributed by atoms with Crippen LogP contribution in [0.15, 0.2) is 64.0 Å². The van der Waals surface area contributed by atoms with E-state index >= 15 is 0 Å². The van der Waals surface area contributed by atoms with Crippen molar-refractivity contribution < 1.29 is 31.1 Å². The quantitative estimate of drug-likeness (QED) is 0.513. The van der Waals surface area contributed by atoms with Gasteiger partial charge in [-0.3, -0.25) is 4.79 Å². The van der Waals surface area contributed by atoms with E-state index in [1.54, 1.807) is 24.3 Å². The molecule has 1 aromatic heterocycles. The lowest BCUT2D eigenvalue weighted by Gasteiger charge is -2.08. The highest BCUT2D eigenvalue weighted by Crippen LogP contribution is 2.24. The molecular weight excluding hydrogens is 346 g/mol. The van der Waals surface area contributed by atoms with Crippen LogP contribution < -0.4 is 33.0 Å². The number of hydrogen-bond acceptors (Lipinski definition) is 6. The van der Waals surface area contributed by atoms with Gasteiger partial charge in [0.2, 0.25) is 11.2 Å². The van der Waals surface area contributed by atoms with Gasteiger partial charge in [0, 0.05) is 6.07 Å². The smallest absolute Gasteiger partial charge is 0.328 e. The second kappa shape index (κ2) is 7.83. The first-order valence-corrected chi connectivity index (χ1v) is 7.30. The van der Waals surface area contributed by atoms with Crippen LogP contribution in [0.25, 0.3) is 11.0 Å². The van der Waals surface area contributed by atoms with Crippen LogP contribution in [-0.4, -0.2) is 12.0 Å². The molecule has 0 aliphatic rings. The molecule has 0 fully saturated rings. The number of rotatable bonds is 4. The molecule has 130 valence electrons.